The fraction of sp³-hybridized carbons (Fsp3) is 0.143. The third kappa shape index (κ3) is 3.75. The van der Waals surface area contributed by atoms with E-state index in [1.807, 2.05) is 13.0 Å². The van der Waals surface area contributed by atoms with Crippen molar-refractivity contribution in [3.8, 4) is 0 Å². The monoisotopic (exact) mass is 287 g/mol. The summed E-state index contributed by atoms with van der Waals surface area (Å²) < 4.78 is 0.814. The van der Waals surface area contributed by atoms with Gasteiger partial charge in [-0.25, -0.2) is 9.48 Å². The third-order valence-electron chi connectivity index (χ3n) is 2.68. The molecule has 0 aliphatic carbocycles. The molecule has 7 heteroatoms. The number of hydrogen-bond donors (Lipinski definition) is 2. The molecule has 1 aromatic heterocycles. The zero-order valence-electron chi connectivity index (χ0n) is 11.2. The molecule has 7 nitrogen and oxygen atoms in total. The zero-order chi connectivity index (χ0) is 15.4. The van der Waals surface area contributed by atoms with Gasteiger partial charge in [0.25, 0.3) is 5.56 Å². The number of amides is 1. The van der Waals surface area contributed by atoms with E-state index in [-0.39, 0.29) is 12.2 Å². The van der Waals surface area contributed by atoms with Crippen molar-refractivity contribution >= 4 is 17.6 Å². The van der Waals surface area contributed by atoms with Crippen molar-refractivity contribution in [3.63, 3.8) is 0 Å². The molecular weight excluding hydrogens is 274 g/mol. The Hall–Kier alpha value is -2.96. The maximum absolute atomic E-state index is 11.9. The van der Waals surface area contributed by atoms with Crippen LogP contribution in [-0.4, -0.2) is 26.8 Å². The molecule has 1 heterocycles. The highest BCUT2D eigenvalue weighted by molar-refractivity contribution is 5.90. The maximum Gasteiger partial charge on any atom is 0.356 e. The predicted octanol–water partition coefficient (Wildman–Crippen LogP) is 0.889. The highest BCUT2D eigenvalue weighted by Gasteiger charge is 2.10. The molecule has 0 spiro atoms. The van der Waals surface area contributed by atoms with Crippen LogP contribution in [0, 0.1) is 6.92 Å². The van der Waals surface area contributed by atoms with Crippen LogP contribution in [0.5, 0.6) is 0 Å². The van der Waals surface area contributed by atoms with Crippen LogP contribution < -0.4 is 10.9 Å². The summed E-state index contributed by atoms with van der Waals surface area (Å²) in [6, 6.07) is 9.34. The van der Waals surface area contributed by atoms with E-state index >= 15 is 0 Å². The van der Waals surface area contributed by atoms with Crippen molar-refractivity contribution in [3.05, 3.63) is 58.0 Å². The first-order valence-electron chi connectivity index (χ1n) is 6.14. The molecule has 108 valence electrons. The number of aromatic nitrogens is 2. The predicted molar refractivity (Wildman–Crippen MR) is 75.3 cm³/mol. The summed E-state index contributed by atoms with van der Waals surface area (Å²) in [5.41, 5.74) is 0.746. The second-order valence-corrected chi connectivity index (χ2v) is 4.44. The molecular formula is C14H13N3O4. The molecule has 1 amide bonds. The number of aromatic carboxylic acids is 1. The molecule has 0 aliphatic heterocycles. The van der Waals surface area contributed by atoms with Crippen molar-refractivity contribution in [2.45, 2.75) is 13.5 Å². The zero-order valence-corrected chi connectivity index (χ0v) is 11.2. The molecule has 2 aromatic rings. The molecule has 0 saturated carbocycles. The van der Waals surface area contributed by atoms with Crippen molar-refractivity contribution in [2.24, 2.45) is 0 Å². The first-order valence-corrected chi connectivity index (χ1v) is 6.14. The molecule has 0 radical (unpaired) electrons. The minimum Gasteiger partial charge on any atom is -0.476 e. The molecule has 0 fully saturated rings. The van der Waals surface area contributed by atoms with E-state index in [1.54, 1.807) is 18.2 Å². The Balaban J connectivity index is 2.14. The minimum atomic E-state index is -1.26. The Labute approximate surface area is 119 Å². The Morgan fingerprint density at radius 2 is 2.05 bits per heavy atom. The summed E-state index contributed by atoms with van der Waals surface area (Å²) in [5, 5.41) is 15.1. The summed E-state index contributed by atoms with van der Waals surface area (Å²) in [6.07, 6.45) is 0. The summed E-state index contributed by atoms with van der Waals surface area (Å²) in [4.78, 5) is 34.2. The lowest BCUT2D eigenvalue weighted by Gasteiger charge is -2.07. The van der Waals surface area contributed by atoms with Gasteiger partial charge in [-0.3, -0.25) is 9.59 Å². The van der Waals surface area contributed by atoms with Crippen LogP contribution in [0.4, 0.5) is 5.69 Å². The molecule has 0 saturated heterocycles. The second kappa shape index (κ2) is 6.00. The number of anilines is 1. The van der Waals surface area contributed by atoms with Crippen LogP contribution in [0.1, 0.15) is 16.1 Å². The van der Waals surface area contributed by atoms with E-state index < -0.39 is 17.4 Å². The lowest BCUT2D eigenvalue weighted by molar-refractivity contribution is -0.117. The summed E-state index contributed by atoms with van der Waals surface area (Å²) in [5.74, 6) is -1.72. The maximum atomic E-state index is 11.9. The lowest BCUT2D eigenvalue weighted by Crippen LogP contribution is -2.30. The van der Waals surface area contributed by atoms with Gasteiger partial charge in [-0.1, -0.05) is 12.1 Å². The van der Waals surface area contributed by atoms with Crippen molar-refractivity contribution < 1.29 is 14.7 Å². The first-order chi connectivity index (χ1) is 9.95. The number of hydrogen-bond acceptors (Lipinski definition) is 4. The topological polar surface area (TPSA) is 101 Å². The van der Waals surface area contributed by atoms with Gasteiger partial charge in [0.1, 0.15) is 6.54 Å². The number of benzene rings is 1. The van der Waals surface area contributed by atoms with Crippen molar-refractivity contribution in [1.82, 2.24) is 9.78 Å². The van der Waals surface area contributed by atoms with Gasteiger partial charge in [-0.15, -0.1) is 0 Å². The van der Waals surface area contributed by atoms with Gasteiger partial charge in [0, 0.05) is 11.8 Å². The quantitative estimate of drug-likeness (QED) is 0.869. The number of nitrogens with one attached hydrogen (secondary N) is 1. The average molecular weight is 287 g/mol. The van der Waals surface area contributed by atoms with Gasteiger partial charge in [0.2, 0.25) is 5.91 Å². The van der Waals surface area contributed by atoms with Crippen molar-refractivity contribution in [2.75, 3.05) is 5.32 Å². The largest absolute Gasteiger partial charge is 0.476 e. The van der Waals surface area contributed by atoms with Crippen LogP contribution in [0.15, 0.2) is 41.2 Å². The average Bonchev–Trinajstić information content (AvgIpc) is 2.41. The Morgan fingerprint density at radius 3 is 2.71 bits per heavy atom. The summed E-state index contributed by atoms with van der Waals surface area (Å²) >= 11 is 0. The summed E-state index contributed by atoms with van der Waals surface area (Å²) in [6.45, 7) is 1.53. The molecule has 21 heavy (non-hydrogen) atoms. The Kier molecular flexibility index (Phi) is 4.13. The molecule has 0 atom stereocenters. The number of nitrogens with zero attached hydrogens (tertiary/aromatic N) is 2. The van der Waals surface area contributed by atoms with Crippen LogP contribution >= 0.6 is 0 Å². The smallest absolute Gasteiger partial charge is 0.356 e. The molecule has 0 bridgehead atoms. The SMILES string of the molecule is Cc1cccc(NC(=O)Cn2nc(C(=O)O)ccc2=O)c1. The van der Waals surface area contributed by atoms with E-state index in [2.05, 4.69) is 10.4 Å². The number of carbonyl (C=O) groups excluding carboxylic acids is 1. The Bertz CT molecular complexity index is 752. The normalized spacial score (nSPS) is 10.1. The molecule has 2 rings (SSSR count). The lowest BCUT2D eigenvalue weighted by atomic mass is 10.2. The van der Waals surface area contributed by atoms with Crippen molar-refractivity contribution in [1.29, 1.82) is 0 Å². The number of aryl methyl sites for hydroxylation is 1. The fourth-order valence-electron chi connectivity index (χ4n) is 1.74. The minimum absolute atomic E-state index is 0.294. The van der Waals surface area contributed by atoms with Crippen LogP contribution in [0.25, 0.3) is 0 Å². The van der Waals surface area contributed by atoms with Gasteiger partial charge >= 0.3 is 5.97 Å². The van der Waals surface area contributed by atoms with Gasteiger partial charge in [0.15, 0.2) is 5.69 Å². The first kappa shape index (κ1) is 14.4. The van der Waals surface area contributed by atoms with E-state index in [0.717, 1.165) is 22.4 Å². The molecule has 0 unspecified atom stereocenters. The molecule has 0 aliphatic rings. The van der Waals surface area contributed by atoms with Gasteiger partial charge in [-0.2, -0.15) is 5.10 Å². The van der Waals surface area contributed by atoms with E-state index in [4.69, 9.17) is 5.11 Å². The van der Waals surface area contributed by atoms with Crippen LogP contribution in [0.3, 0.4) is 0 Å². The standard InChI is InChI=1S/C14H13N3O4/c1-9-3-2-4-10(7-9)15-12(18)8-17-13(19)6-5-11(16-17)14(20)21/h2-7H,8H2,1H3,(H,15,18)(H,20,21). The van der Waals surface area contributed by atoms with Gasteiger partial charge in [-0.05, 0) is 30.7 Å². The summed E-state index contributed by atoms with van der Waals surface area (Å²) in [7, 11) is 0. The third-order valence-corrected chi connectivity index (χ3v) is 2.68. The van der Waals surface area contributed by atoms with E-state index in [0.29, 0.717) is 5.69 Å². The van der Waals surface area contributed by atoms with Gasteiger partial charge < -0.3 is 10.4 Å². The number of carboxylic acids is 1. The highest BCUT2D eigenvalue weighted by Crippen LogP contribution is 2.09. The van der Waals surface area contributed by atoms with Crippen LogP contribution in [0.2, 0.25) is 0 Å². The molecule has 2 N–H and O–H groups in total. The van der Waals surface area contributed by atoms with Gasteiger partial charge in [0.05, 0.1) is 0 Å². The number of carboxylic acid groups (broad SMARTS) is 1. The Morgan fingerprint density at radius 1 is 1.29 bits per heavy atom. The number of rotatable bonds is 4. The van der Waals surface area contributed by atoms with Crippen LogP contribution in [-0.2, 0) is 11.3 Å². The number of carbonyl (C=O) groups is 2. The highest BCUT2D eigenvalue weighted by atomic mass is 16.4. The van der Waals surface area contributed by atoms with E-state index in [9.17, 15) is 14.4 Å². The van der Waals surface area contributed by atoms with E-state index in [1.165, 1.54) is 0 Å². The fourth-order valence-corrected chi connectivity index (χ4v) is 1.74. The molecule has 1 aromatic carbocycles. The second-order valence-electron chi connectivity index (χ2n) is 4.44.